The topological polar surface area (TPSA) is 102 Å². The van der Waals surface area contributed by atoms with Crippen molar-refractivity contribution >= 4 is 0 Å². The number of nitrogens with zero attached hydrogens (tertiary/aromatic N) is 3. The van der Waals surface area contributed by atoms with Gasteiger partial charge >= 0.3 is 0 Å². The monoisotopic (exact) mass is 360 g/mol. The fourth-order valence-corrected chi connectivity index (χ4v) is 5.30. The molecule has 0 aromatic heterocycles. The standard InChI is InChI=1S/C21H18FN5/c1-27-14-6-7-17(27)18-15(8-14)16(9-23)20(26)21(10-24,11-25)19(18)12-2-4-13(22)5-3-12/h2-5,8,14,17-19H,6-7,26H2,1H3/p+1. The van der Waals surface area contributed by atoms with Gasteiger partial charge in [-0.15, -0.1) is 0 Å². The fraction of sp³-hybridized carbons (Fsp3) is 0.381. The number of likely N-dealkylation sites (N-methyl/N-ethyl adjacent to an activating group) is 1. The summed E-state index contributed by atoms with van der Waals surface area (Å²) in [7, 11) is 2.12. The first kappa shape index (κ1) is 17.3. The van der Waals surface area contributed by atoms with Crippen LogP contribution < -0.4 is 10.6 Å². The molecule has 5 unspecified atom stereocenters. The zero-order valence-corrected chi connectivity index (χ0v) is 14.9. The molecule has 3 N–H and O–H groups in total. The number of allylic oxidation sites excluding steroid dienone is 2. The Morgan fingerprint density at radius 2 is 1.81 bits per heavy atom. The first-order valence-corrected chi connectivity index (χ1v) is 9.02. The smallest absolute Gasteiger partial charge is 0.191 e. The maximum absolute atomic E-state index is 13.5. The molecule has 5 atom stereocenters. The third-order valence-corrected chi connectivity index (χ3v) is 6.63. The van der Waals surface area contributed by atoms with E-state index in [1.54, 1.807) is 12.1 Å². The van der Waals surface area contributed by atoms with Gasteiger partial charge in [-0.1, -0.05) is 12.1 Å². The summed E-state index contributed by atoms with van der Waals surface area (Å²) in [4.78, 5) is 1.33. The summed E-state index contributed by atoms with van der Waals surface area (Å²) in [5, 5.41) is 29.9. The molecular formula is C21H19FN5+. The molecule has 5 nitrogen and oxygen atoms in total. The Kier molecular flexibility index (Phi) is 3.81. The van der Waals surface area contributed by atoms with Gasteiger partial charge in [-0.05, 0) is 29.3 Å². The maximum Gasteiger partial charge on any atom is 0.191 e. The number of rotatable bonds is 1. The number of nitrogens with two attached hydrogens (primary N) is 1. The van der Waals surface area contributed by atoms with Gasteiger partial charge in [0.15, 0.2) is 5.41 Å². The van der Waals surface area contributed by atoms with E-state index >= 15 is 0 Å². The molecule has 0 amide bonds. The summed E-state index contributed by atoms with van der Waals surface area (Å²) >= 11 is 0. The van der Waals surface area contributed by atoms with Gasteiger partial charge in [0.1, 0.15) is 17.9 Å². The normalized spacial score (nSPS) is 33.3. The van der Waals surface area contributed by atoms with Crippen LogP contribution in [-0.4, -0.2) is 19.1 Å². The molecule has 2 bridgehead atoms. The van der Waals surface area contributed by atoms with E-state index in [2.05, 4.69) is 31.3 Å². The van der Waals surface area contributed by atoms with E-state index in [0.717, 1.165) is 18.4 Å². The summed E-state index contributed by atoms with van der Waals surface area (Å²) in [6, 6.07) is 12.8. The predicted octanol–water partition coefficient (Wildman–Crippen LogP) is 1.29. The van der Waals surface area contributed by atoms with Crippen molar-refractivity contribution in [3.05, 3.63) is 58.6 Å². The predicted molar refractivity (Wildman–Crippen MR) is 94.9 cm³/mol. The number of hydrogen-bond acceptors (Lipinski definition) is 4. The molecule has 27 heavy (non-hydrogen) atoms. The highest BCUT2D eigenvalue weighted by Crippen LogP contribution is 2.55. The van der Waals surface area contributed by atoms with Crippen LogP contribution in [0.5, 0.6) is 0 Å². The van der Waals surface area contributed by atoms with Crippen molar-refractivity contribution in [2.75, 3.05) is 7.05 Å². The molecule has 1 saturated heterocycles. The van der Waals surface area contributed by atoms with Crippen molar-refractivity contribution in [3.8, 4) is 18.2 Å². The van der Waals surface area contributed by atoms with Crippen LogP contribution in [0.15, 0.2) is 47.2 Å². The van der Waals surface area contributed by atoms with Crippen molar-refractivity contribution in [1.29, 1.82) is 15.8 Å². The van der Waals surface area contributed by atoms with Gasteiger partial charge in [-0.25, -0.2) is 4.39 Å². The van der Waals surface area contributed by atoms with E-state index < -0.39 is 11.3 Å². The first-order chi connectivity index (χ1) is 13.0. The van der Waals surface area contributed by atoms with Crippen molar-refractivity contribution in [1.82, 2.24) is 0 Å². The third kappa shape index (κ3) is 2.16. The van der Waals surface area contributed by atoms with Crippen LogP contribution in [0.4, 0.5) is 4.39 Å². The average molecular weight is 360 g/mol. The zero-order valence-electron chi connectivity index (χ0n) is 14.9. The van der Waals surface area contributed by atoms with Gasteiger partial charge in [0.25, 0.3) is 0 Å². The lowest BCUT2D eigenvalue weighted by atomic mass is 9.56. The highest BCUT2D eigenvalue weighted by molar-refractivity contribution is 5.60. The summed E-state index contributed by atoms with van der Waals surface area (Å²) in [6.45, 7) is 0. The van der Waals surface area contributed by atoms with Gasteiger partial charge in [-0.3, -0.25) is 0 Å². The van der Waals surface area contributed by atoms with Crippen LogP contribution in [0.2, 0.25) is 0 Å². The van der Waals surface area contributed by atoms with Crippen LogP contribution in [0, 0.1) is 51.1 Å². The highest BCUT2D eigenvalue weighted by Gasteiger charge is 2.60. The van der Waals surface area contributed by atoms with E-state index in [1.807, 2.05) is 0 Å². The molecule has 0 saturated carbocycles. The van der Waals surface area contributed by atoms with Crippen molar-refractivity contribution in [2.45, 2.75) is 30.8 Å². The van der Waals surface area contributed by atoms with Crippen LogP contribution in [0.3, 0.4) is 0 Å². The van der Waals surface area contributed by atoms with Crippen LogP contribution in [0.25, 0.3) is 0 Å². The lowest BCUT2D eigenvalue weighted by molar-refractivity contribution is -0.916. The molecule has 0 spiro atoms. The first-order valence-electron chi connectivity index (χ1n) is 9.02. The van der Waals surface area contributed by atoms with E-state index in [9.17, 15) is 20.2 Å². The van der Waals surface area contributed by atoms with E-state index in [1.165, 1.54) is 17.0 Å². The maximum atomic E-state index is 13.5. The molecule has 1 aliphatic carbocycles. The molecule has 1 aromatic rings. The third-order valence-electron chi connectivity index (χ3n) is 6.63. The number of hydrogen-bond donors (Lipinski definition) is 2. The Hall–Kier alpha value is -3.14. The largest absolute Gasteiger partial charge is 0.399 e. The Labute approximate surface area is 157 Å². The minimum absolute atomic E-state index is 0.0192. The number of halogens is 1. The van der Waals surface area contributed by atoms with Crippen molar-refractivity contribution in [2.24, 2.45) is 17.1 Å². The number of nitriles is 3. The molecule has 2 heterocycles. The van der Waals surface area contributed by atoms with Crippen LogP contribution in [0.1, 0.15) is 24.3 Å². The molecule has 6 heteroatoms. The van der Waals surface area contributed by atoms with Gasteiger partial charge in [0.2, 0.25) is 0 Å². The van der Waals surface area contributed by atoms with Crippen LogP contribution >= 0.6 is 0 Å². The Balaban J connectivity index is 2.04. The number of fused-ring (bicyclic) bond motifs is 4. The van der Waals surface area contributed by atoms with Gasteiger partial charge < -0.3 is 10.6 Å². The highest BCUT2D eigenvalue weighted by atomic mass is 19.1. The number of benzene rings is 1. The van der Waals surface area contributed by atoms with E-state index in [-0.39, 0.29) is 29.0 Å². The Morgan fingerprint density at radius 3 is 2.41 bits per heavy atom. The second kappa shape index (κ2) is 5.95. The summed E-state index contributed by atoms with van der Waals surface area (Å²) in [6.07, 6.45) is 4.05. The lowest BCUT2D eigenvalue weighted by Gasteiger charge is -2.46. The minimum Gasteiger partial charge on any atom is -0.399 e. The SMILES string of the molecule is C[NH+]1C2C=C3C(C#N)=C(N)C(C#N)(C#N)C(c4ccc(F)cc4)C3C1CC2. The minimum atomic E-state index is -1.65. The molecule has 2 aliphatic heterocycles. The average Bonchev–Trinajstić information content (AvgIpc) is 2.91. The molecule has 1 fully saturated rings. The van der Waals surface area contributed by atoms with E-state index in [4.69, 9.17) is 5.73 Å². The van der Waals surface area contributed by atoms with Crippen LogP contribution in [-0.2, 0) is 0 Å². The number of quaternary nitrogens is 1. The number of nitrogens with one attached hydrogen (secondary N) is 1. The second-order valence-corrected chi connectivity index (χ2v) is 7.64. The van der Waals surface area contributed by atoms with Gasteiger partial charge in [0.05, 0.1) is 36.5 Å². The molecule has 3 aliphatic rings. The van der Waals surface area contributed by atoms with Gasteiger partial charge in [-0.2, -0.15) is 15.8 Å². The summed E-state index contributed by atoms with van der Waals surface area (Å²) in [5.41, 5.74) is 6.48. The zero-order chi connectivity index (χ0) is 19.3. The van der Waals surface area contributed by atoms with Crippen molar-refractivity contribution < 1.29 is 9.29 Å². The van der Waals surface area contributed by atoms with Crippen molar-refractivity contribution in [3.63, 3.8) is 0 Å². The Morgan fingerprint density at radius 1 is 1.15 bits per heavy atom. The molecule has 4 rings (SSSR count). The van der Waals surface area contributed by atoms with Gasteiger partial charge in [0, 0.05) is 24.7 Å². The summed E-state index contributed by atoms with van der Waals surface area (Å²) < 4.78 is 13.5. The molecular weight excluding hydrogens is 341 g/mol. The fourth-order valence-electron chi connectivity index (χ4n) is 5.30. The summed E-state index contributed by atoms with van der Waals surface area (Å²) in [5.74, 6) is -1.11. The second-order valence-electron chi connectivity index (χ2n) is 7.64. The molecule has 134 valence electrons. The Bertz CT molecular complexity index is 971. The lowest BCUT2D eigenvalue weighted by Crippen LogP contribution is -3.15. The molecule has 0 radical (unpaired) electrons. The quantitative estimate of drug-likeness (QED) is 0.788. The van der Waals surface area contributed by atoms with E-state index in [0.29, 0.717) is 11.6 Å². The molecule has 1 aromatic carbocycles.